The van der Waals surface area contributed by atoms with E-state index in [4.69, 9.17) is 0 Å². The average molecular weight is 324 g/mol. The van der Waals surface area contributed by atoms with Gasteiger partial charge in [0.25, 0.3) is 0 Å². The molecule has 0 aliphatic heterocycles. The molecule has 0 heterocycles. The van der Waals surface area contributed by atoms with Crippen molar-refractivity contribution in [3.8, 4) is 0 Å². The van der Waals surface area contributed by atoms with Gasteiger partial charge in [-0.15, -0.1) is 0 Å². The number of hydrogen-bond acceptors (Lipinski definition) is 2. The fourth-order valence-electron chi connectivity index (χ4n) is 2.61. The van der Waals surface area contributed by atoms with Crippen molar-refractivity contribution in [2.24, 2.45) is 0 Å². The lowest BCUT2D eigenvalue weighted by molar-refractivity contribution is -0.135. The van der Waals surface area contributed by atoms with Gasteiger partial charge < -0.3 is 5.32 Å². The van der Waals surface area contributed by atoms with E-state index in [1.165, 1.54) is 0 Å². The van der Waals surface area contributed by atoms with Gasteiger partial charge in [0.05, 0.1) is 0 Å². The summed E-state index contributed by atoms with van der Waals surface area (Å²) in [5, 5.41) is 2.67. The fourth-order valence-corrected chi connectivity index (χ4v) is 2.61. The third kappa shape index (κ3) is 4.02. The molecule has 0 bridgehead atoms. The minimum atomic E-state index is -0.637. The predicted octanol–water partition coefficient (Wildman–Crippen LogP) is 4.02. The largest absolute Gasteiger partial charge is 0.318 e. The quantitative estimate of drug-likeness (QED) is 0.867. The third-order valence-electron chi connectivity index (χ3n) is 3.71. The van der Waals surface area contributed by atoms with E-state index in [2.05, 4.69) is 5.32 Å². The van der Waals surface area contributed by atoms with E-state index in [1.54, 1.807) is 17.0 Å². The molecular formula is C20H24N2O2. The van der Waals surface area contributed by atoms with Crippen LogP contribution in [0.4, 0.5) is 11.4 Å². The Hall–Kier alpha value is -2.62. The van der Waals surface area contributed by atoms with Crippen molar-refractivity contribution in [1.29, 1.82) is 0 Å². The number of anilines is 2. The average Bonchev–Trinajstić information content (AvgIpc) is 2.55. The summed E-state index contributed by atoms with van der Waals surface area (Å²) < 4.78 is 0. The zero-order chi connectivity index (χ0) is 17.7. The molecular weight excluding hydrogens is 300 g/mol. The number of aryl methyl sites for hydroxylation is 1. The molecule has 4 heteroatoms. The Morgan fingerprint density at radius 1 is 0.958 bits per heavy atom. The smallest absolute Gasteiger partial charge is 0.317 e. The summed E-state index contributed by atoms with van der Waals surface area (Å²) in [6, 6.07) is 16.7. The van der Waals surface area contributed by atoms with Crippen LogP contribution in [0.15, 0.2) is 54.6 Å². The lowest BCUT2D eigenvalue weighted by Crippen LogP contribution is -2.50. The minimum Gasteiger partial charge on any atom is -0.318 e. The third-order valence-corrected chi connectivity index (χ3v) is 3.71. The SMILES string of the molecule is CCc1ccccc1N(C(=O)C(=O)Nc1ccccc1)C(C)(C)C. The number of hydrogen-bond donors (Lipinski definition) is 1. The first kappa shape index (κ1) is 17.7. The van der Waals surface area contributed by atoms with E-state index in [0.29, 0.717) is 5.69 Å². The highest BCUT2D eigenvalue weighted by Crippen LogP contribution is 2.28. The van der Waals surface area contributed by atoms with Gasteiger partial charge in [0, 0.05) is 16.9 Å². The van der Waals surface area contributed by atoms with Crippen LogP contribution in [0.3, 0.4) is 0 Å². The first-order valence-corrected chi connectivity index (χ1v) is 8.13. The van der Waals surface area contributed by atoms with E-state index in [9.17, 15) is 9.59 Å². The van der Waals surface area contributed by atoms with Crippen LogP contribution < -0.4 is 10.2 Å². The van der Waals surface area contributed by atoms with Crippen LogP contribution in [0.25, 0.3) is 0 Å². The summed E-state index contributed by atoms with van der Waals surface area (Å²) >= 11 is 0. The zero-order valence-electron chi connectivity index (χ0n) is 14.7. The second kappa shape index (κ2) is 7.30. The van der Waals surface area contributed by atoms with Gasteiger partial charge >= 0.3 is 11.8 Å². The molecule has 0 fully saturated rings. The van der Waals surface area contributed by atoms with Crippen LogP contribution in [-0.4, -0.2) is 17.4 Å². The lowest BCUT2D eigenvalue weighted by Gasteiger charge is -2.36. The standard InChI is InChI=1S/C20H24N2O2/c1-5-15-11-9-10-14-17(15)22(20(2,3)4)19(24)18(23)21-16-12-7-6-8-13-16/h6-14H,5H2,1-4H3,(H,21,23). The number of carbonyl (C=O) groups excluding carboxylic acids is 2. The minimum absolute atomic E-state index is 0.517. The van der Waals surface area contributed by atoms with Crippen LogP contribution in [0, 0.1) is 0 Å². The second-order valence-corrected chi connectivity index (χ2v) is 6.61. The first-order valence-electron chi connectivity index (χ1n) is 8.13. The Kier molecular flexibility index (Phi) is 5.39. The van der Waals surface area contributed by atoms with Gasteiger partial charge in [-0.25, -0.2) is 0 Å². The van der Waals surface area contributed by atoms with Crippen molar-refractivity contribution in [3.05, 3.63) is 60.2 Å². The van der Waals surface area contributed by atoms with Crippen molar-refractivity contribution in [2.45, 2.75) is 39.7 Å². The molecule has 0 radical (unpaired) electrons. The maximum Gasteiger partial charge on any atom is 0.317 e. The number of amides is 2. The number of nitrogens with zero attached hydrogens (tertiary/aromatic N) is 1. The second-order valence-electron chi connectivity index (χ2n) is 6.61. The number of nitrogens with one attached hydrogen (secondary N) is 1. The van der Waals surface area contributed by atoms with Crippen molar-refractivity contribution in [3.63, 3.8) is 0 Å². The van der Waals surface area contributed by atoms with Gasteiger partial charge in [-0.3, -0.25) is 14.5 Å². The Labute approximate surface area is 143 Å². The molecule has 0 aliphatic rings. The summed E-state index contributed by atoms with van der Waals surface area (Å²) in [6.45, 7) is 7.81. The van der Waals surface area contributed by atoms with Crippen molar-refractivity contribution in [2.75, 3.05) is 10.2 Å². The van der Waals surface area contributed by atoms with Crippen LogP contribution >= 0.6 is 0 Å². The molecule has 2 aromatic rings. The van der Waals surface area contributed by atoms with E-state index < -0.39 is 17.4 Å². The number of benzene rings is 2. The Morgan fingerprint density at radius 2 is 1.54 bits per heavy atom. The highest BCUT2D eigenvalue weighted by Gasteiger charge is 2.33. The molecule has 0 aromatic heterocycles. The number of para-hydroxylation sites is 2. The topological polar surface area (TPSA) is 49.4 Å². The van der Waals surface area contributed by atoms with E-state index in [-0.39, 0.29) is 0 Å². The zero-order valence-corrected chi connectivity index (χ0v) is 14.7. The maximum atomic E-state index is 12.9. The summed E-state index contributed by atoms with van der Waals surface area (Å²) in [5.74, 6) is -1.20. The Balaban J connectivity index is 2.34. The van der Waals surface area contributed by atoms with Gasteiger partial charge in [-0.2, -0.15) is 0 Å². The molecule has 24 heavy (non-hydrogen) atoms. The Morgan fingerprint density at radius 3 is 2.12 bits per heavy atom. The van der Waals surface area contributed by atoms with E-state index >= 15 is 0 Å². The number of carbonyl (C=O) groups is 2. The molecule has 2 aromatic carbocycles. The summed E-state index contributed by atoms with van der Waals surface area (Å²) in [4.78, 5) is 26.9. The molecule has 2 rings (SSSR count). The van der Waals surface area contributed by atoms with Gasteiger partial charge in [0.1, 0.15) is 0 Å². The van der Waals surface area contributed by atoms with Crippen molar-refractivity contribution >= 4 is 23.2 Å². The highest BCUT2D eigenvalue weighted by molar-refractivity contribution is 6.44. The van der Waals surface area contributed by atoms with E-state index in [1.807, 2.05) is 70.2 Å². The molecule has 0 spiro atoms. The van der Waals surface area contributed by atoms with Gasteiger partial charge in [-0.1, -0.05) is 43.3 Å². The molecule has 0 atom stereocenters. The molecule has 0 unspecified atom stereocenters. The summed E-state index contributed by atoms with van der Waals surface area (Å²) in [5.41, 5.74) is 1.90. The number of rotatable bonds is 3. The molecule has 126 valence electrons. The van der Waals surface area contributed by atoms with Crippen LogP contribution in [0.2, 0.25) is 0 Å². The fraction of sp³-hybridized carbons (Fsp3) is 0.300. The van der Waals surface area contributed by atoms with Crippen LogP contribution in [-0.2, 0) is 16.0 Å². The monoisotopic (exact) mass is 324 g/mol. The molecule has 0 saturated heterocycles. The van der Waals surface area contributed by atoms with Crippen LogP contribution in [0.5, 0.6) is 0 Å². The maximum absolute atomic E-state index is 12.9. The van der Waals surface area contributed by atoms with Gasteiger partial charge in [-0.05, 0) is 51.0 Å². The van der Waals surface area contributed by atoms with Crippen molar-refractivity contribution in [1.82, 2.24) is 0 Å². The summed E-state index contributed by atoms with van der Waals surface area (Å²) in [7, 11) is 0. The van der Waals surface area contributed by atoms with Gasteiger partial charge in [0.2, 0.25) is 0 Å². The van der Waals surface area contributed by atoms with E-state index in [0.717, 1.165) is 17.7 Å². The van der Waals surface area contributed by atoms with Crippen molar-refractivity contribution < 1.29 is 9.59 Å². The highest BCUT2D eigenvalue weighted by atomic mass is 16.2. The molecule has 4 nitrogen and oxygen atoms in total. The molecule has 1 N–H and O–H groups in total. The lowest BCUT2D eigenvalue weighted by atomic mass is 10.0. The molecule has 0 aliphatic carbocycles. The van der Waals surface area contributed by atoms with Crippen LogP contribution in [0.1, 0.15) is 33.3 Å². The molecule has 2 amide bonds. The predicted molar refractivity (Wildman–Crippen MR) is 98.1 cm³/mol. The first-order chi connectivity index (χ1) is 11.3. The normalized spacial score (nSPS) is 11.0. The Bertz CT molecular complexity index is 718. The summed E-state index contributed by atoms with van der Waals surface area (Å²) in [6.07, 6.45) is 0.788. The molecule has 0 saturated carbocycles. The van der Waals surface area contributed by atoms with Gasteiger partial charge in [0.15, 0.2) is 0 Å².